The summed E-state index contributed by atoms with van der Waals surface area (Å²) in [6.07, 6.45) is 6.81. The molecule has 0 spiro atoms. The number of hydrogen-bond donors (Lipinski definition) is 0. The predicted octanol–water partition coefficient (Wildman–Crippen LogP) is 2.07. The van der Waals surface area contributed by atoms with Gasteiger partial charge >= 0.3 is 0 Å². The molecule has 0 aromatic carbocycles. The first kappa shape index (κ1) is 21.6. The molecule has 32 heavy (non-hydrogen) atoms. The van der Waals surface area contributed by atoms with Crippen LogP contribution in [0.2, 0.25) is 0 Å². The van der Waals surface area contributed by atoms with Crippen molar-refractivity contribution in [3.63, 3.8) is 0 Å². The lowest BCUT2D eigenvalue weighted by molar-refractivity contribution is -0.123. The number of sulfone groups is 1. The van der Waals surface area contributed by atoms with E-state index in [1.165, 1.54) is 9.30 Å². The maximum atomic E-state index is 13.4. The number of rotatable bonds is 3. The molecular weight excluding hydrogens is 468 g/mol. The molecule has 2 aromatic rings. The molecule has 1 amide bonds. The standard InChI is InChI=1S/C21H22N4O4S3/c26-19-15(12-16-20(27)25(21(30)31-16)14-7-11-32(28,29)13-14)18(23-8-3-1-4-9-23)22-17-6-2-5-10-24(17)19/h2,5-6,10,12,14H,1,3-4,7-9,11,13H2/b16-12-. The Morgan fingerprint density at radius 1 is 1.16 bits per heavy atom. The lowest BCUT2D eigenvalue weighted by Crippen LogP contribution is -2.39. The highest BCUT2D eigenvalue weighted by Crippen LogP contribution is 2.37. The smallest absolute Gasteiger partial charge is 0.267 e. The number of anilines is 1. The molecule has 3 saturated heterocycles. The first-order valence-electron chi connectivity index (χ1n) is 10.6. The molecule has 168 valence electrons. The van der Waals surface area contributed by atoms with Crippen molar-refractivity contribution in [2.24, 2.45) is 0 Å². The number of carbonyl (C=O) groups excluding carboxylic acids is 1. The zero-order chi connectivity index (χ0) is 22.5. The minimum Gasteiger partial charge on any atom is -0.356 e. The Balaban J connectivity index is 1.58. The second-order valence-corrected chi connectivity index (χ2v) is 12.1. The fourth-order valence-corrected chi connectivity index (χ4v) is 7.55. The molecule has 0 radical (unpaired) electrons. The number of aromatic nitrogens is 2. The lowest BCUT2D eigenvalue weighted by atomic mass is 10.1. The van der Waals surface area contributed by atoms with E-state index in [-0.39, 0.29) is 23.0 Å². The topological polar surface area (TPSA) is 92.1 Å². The summed E-state index contributed by atoms with van der Waals surface area (Å²) < 4.78 is 25.6. The number of carbonyl (C=O) groups is 1. The molecule has 5 rings (SSSR count). The van der Waals surface area contributed by atoms with Crippen LogP contribution in [0.3, 0.4) is 0 Å². The minimum atomic E-state index is -3.16. The van der Waals surface area contributed by atoms with Gasteiger partial charge in [0.25, 0.3) is 11.5 Å². The SMILES string of the molecule is O=C1/C(=C/c2c(N3CCCCC3)nc3ccccn3c2=O)SC(=S)N1C1CCS(=O)(=O)C1. The quantitative estimate of drug-likeness (QED) is 0.477. The third-order valence-electron chi connectivity index (χ3n) is 6.08. The van der Waals surface area contributed by atoms with E-state index in [2.05, 4.69) is 4.90 Å². The van der Waals surface area contributed by atoms with Gasteiger partial charge in [-0.1, -0.05) is 30.0 Å². The Labute approximate surface area is 195 Å². The van der Waals surface area contributed by atoms with Crippen LogP contribution in [-0.4, -0.2) is 63.6 Å². The summed E-state index contributed by atoms with van der Waals surface area (Å²) >= 11 is 6.53. The van der Waals surface area contributed by atoms with Crippen molar-refractivity contribution >= 4 is 61.6 Å². The Morgan fingerprint density at radius 3 is 2.66 bits per heavy atom. The van der Waals surface area contributed by atoms with Crippen molar-refractivity contribution in [2.75, 3.05) is 29.5 Å². The van der Waals surface area contributed by atoms with E-state index in [9.17, 15) is 18.0 Å². The Bertz CT molecular complexity index is 1310. The molecule has 0 N–H and O–H groups in total. The number of piperidine rings is 1. The Morgan fingerprint density at radius 2 is 1.94 bits per heavy atom. The van der Waals surface area contributed by atoms with E-state index in [1.54, 1.807) is 24.4 Å². The van der Waals surface area contributed by atoms with Crippen LogP contribution in [0.1, 0.15) is 31.2 Å². The molecule has 11 heteroatoms. The van der Waals surface area contributed by atoms with Crippen LogP contribution in [0.25, 0.3) is 11.7 Å². The molecule has 0 saturated carbocycles. The number of thioether (sulfide) groups is 1. The summed E-state index contributed by atoms with van der Waals surface area (Å²) in [6, 6.07) is 4.94. The van der Waals surface area contributed by atoms with Crippen LogP contribution in [0.15, 0.2) is 34.1 Å². The van der Waals surface area contributed by atoms with Crippen molar-refractivity contribution in [3.8, 4) is 0 Å². The Kier molecular flexibility index (Phi) is 5.58. The van der Waals surface area contributed by atoms with Gasteiger partial charge in [-0.25, -0.2) is 13.4 Å². The first-order chi connectivity index (χ1) is 15.3. The molecule has 3 fully saturated rings. The van der Waals surface area contributed by atoms with E-state index in [0.717, 1.165) is 44.1 Å². The predicted molar refractivity (Wildman–Crippen MR) is 130 cm³/mol. The lowest BCUT2D eigenvalue weighted by Gasteiger charge is -2.29. The molecule has 3 aliphatic rings. The monoisotopic (exact) mass is 490 g/mol. The van der Waals surface area contributed by atoms with Crippen molar-refractivity contribution in [1.29, 1.82) is 0 Å². The van der Waals surface area contributed by atoms with Gasteiger partial charge in [0, 0.05) is 19.3 Å². The van der Waals surface area contributed by atoms with E-state index in [4.69, 9.17) is 17.2 Å². The van der Waals surface area contributed by atoms with Gasteiger partial charge in [0.1, 0.15) is 15.8 Å². The van der Waals surface area contributed by atoms with Crippen LogP contribution < -0.4 is 10.5 Å². The van der Waals surface area contributed by atoms with Crippen LogP contribution in [0.5, 0.6) is 0 Å². The molecule has 0 aliphatic carbocycles. The largest absolute Gasteiger partial charge is 0.356 e. The van der Waals surface area contributed by atoms with Crippen LogP contribution in [-0.2, 0) is 14.6 Å². The van der Waals surface area contributed by atoms with Crippen LogP contribution in [0, 0.1) is 0 Å². The van der Waals surface area contributed by atoms with Gasteiger partial charge in [0.2, 0.25) is 0 Å². The molecule has 2 aromatic heterocycles. The summed E-state index contributed by atoms with van der Waals surface area (Å²) in [5.74, 6) is 0.216. The number of amides is 1. The summed E-state index contributed by atoms with van der Waals surface area (Å²) in [4.78, 5) is 35.2. The number of thiocarbonyl (C=S) groups is 1. The van der Waals surface area contributed by atoms with Gasteiger partial charge in [-0.2, -0.15) is 0 Å². The summed E-state index contributed by atoms with van der Waals surface area (Å²) in [5.41, 5.74) is 0.666. The fraction of sp³-hybridized carbons (Fsp3) is 0.429. The third kappa shape index (κ3) is 3.86. The van der Waals surface area contributed by atoms with Gasteiger partial charge in [0.15, 0.2) is 9.84 Å². The highest BCUT2D eigenvalue weighted by molar-refractivity contribution is 8.26. The van der Waals surface area contributed by atoms with Crippen molar-refractivity contribution in [3.05, 3.63) is 45.2 Å². The average molecular weight is 491 g/mol. The highest BCUT2D eigenvalue weighted by Gasteiger charge is 2.42. The molecule has 0 bridgehead atoms. The van der Waals surface area contributed by atoms with Gasteiger partial charge in [-0.05, 0) is 43.9 Å². The van der Waals surface area contributed by atoms with Gasteiger partial charge < -0.3 is 4.90 Å². The van der Waals surface area contributed by atoms with Gasteiger partial charge in [-0.3, -0.25) is 18.9 Å². The first-order valence-corrected chi connectivity index (χ1v) is 13.6. The van der Waals surface area contributed by atoms with Gasteiger partial charge in [-0.15, -0.1) is 0 Å². The minimum absolute atomic E-state index is 0.0584. The maximum absolute atomic E-state index is 13.4. The van der Waals surface area contributed by atoms with Gasteiger partial charge in [0.05, 0.1) is 28.0 Å². The number of nitrogens with zero attached hydrogens (tertiary/aromatic N) is 4. The summed E-state index contributed by atoms with van der Waals surface area (Å²) in [6.45, 7) is 1.61. The number of fused-ring (bicyclic) bond motifs is 1. The second-order valence-electron chi connectivity index (χ2n) is 8.24. The molecule has 1 atom stereocenters. The molecule has 8 nitrogen and oxygen atoms in total. The summed E-state index contributed by atoms with van der Waals surface area (Å²) in [7, 11) is -3.16. The van der Waals surface area contributed by atoms with E-state index in [0.29, 0.717) is 32.7 Å². The summed E-state index contributed by atoms with van der Waals surface area (Å²) in [5, 5.41) is 0. The zero-order valence-electron chi connectivity index (χ0n) is 17.3. The number of pyridine rings is 1. The fourth-order valence-electron chi connectivity index (χ4n) is 4.47. The second kappa shape index (κ2) is 8.27. The van der Waals surface area contributed by atoms with Crippen LogP contribution in [0.4, 0.5) is 5.82 Å². The molecule has 3 aliphatic heterocycles. The molecule has 5 heterocycles. The number of hydrogen-bond acceptors (Lipinski definition) is 8. The average Bonchev–Trinajstić information content (AvgIpc) is 3.27. The molecule has 1 unspecified atom stereocenters. The van der Waals surface area contributed by atoms with E-state index < -0.39 is 15.9 Å². The zero-order valence-corrected chi connectivity index (χ0v) is 19.7. The highest BCUT2D eigenvalue weighted by atomic mass is 32.2. The van der Waals surface area contributed by atoms with Crippen molar-refractivity contribution in [1.82, 2.24) is 14.3 Å². The van der Waals surface area contributed by atoms with E-state index in [1.807, 2.05) is 6.07 Å². The van der Waals surface area contributed by atoms with Crippen molar-refractivity contribution < 1.29 is 13.2 Å². The van der Waals surface area contributed by atoms with Crippen LogP contribution >= 0.6 is 24.0 Å². The third-order valence-corrected chi connectivity index (χ3v) is 9.16. The van der Waals surface area contributed by atoms with E-state index >= 15 is 0 Å². The normalized spacial score (nSPS) is 24.8. The van der Waals surface area contributed by atoms with Crippen molar-refractivity contribution in [2.45, 2.75) is 31.7 Å². The molecular formula is C21H22N4O4S3. The Hall–Kier alpha value is -2.24. The maximum Gasteiger partial charge on any atom is 0.267 e.